The predicted molar refractivity (Wildman–Crippen MR) is 96.4 cm³/mol. The summed E-state index contributed by atoms with van der Waals surface area (Å²) < 4.78 is 5.18. The lowest BCUT2D eigenvalue weighted by Gasteiger charge is -2.04. The topological polar surface area (TPSA) is 109 Å². The van der Waals surface area contributed by atoms with Crippen molar-refractivity contribution in [1.82, 2.24) is 4.98 Å². The molecular weight excluding hydrogens is 320 g/mol. The van der Waals surface area contributed by atoms with Crippen molar-refractivity contribution in [2.24, 2.45) is 5.90 Å². The molecule has 3 aromatic rings. The van der Waals surface area contributed by atoms with Gasteiger partial charge in [-0.25, -0.2) is 10.7 Å². The van der Waals surface area contributed by atoms with Gasteiger partial charge in [0.1, 0.15) is 5.75 Å². The van der Waals surface area contributed by atoms with Gasteiger partial charge in [0.15, 0.2) is 0 Å². The minimum Gasteiger partial charge on any atom is -0.497 e. The maximum Gasteiger partial charge on any atom is 0.335 e. The molecule has 0 bridgehead atoms. The number of rotatable bonds is 5. The Hall–Kier alpha value is -2.83. The maximum atomic E-state index is 11.1. The lowest BCUT2D eigenvalue weighted by Crippen LogP contribution is -1.94. The number of nitrogens with two attached hydrogens (primary N) is 1. The predicted octanol–water partition coefficient (Wildman–Crippen LogP) is 3.36. The van der Waals surface area contributed by atoms with Crippen molar-refractivity contribution in [3.05, 3.63) is 64.8 Å². The molecule has 5 N–H and O–H groups in total. The molecule has 3 rings (SSSR count). The largest absolute Gasteiger partial charge is 0.497 e. The van der Waals surface area contributed by atoms with Gasteiger partial charge >= 0.3 is 5.97 Å². The fourth-order valence-corrected chi connectivity index (χ4v) is 2.95. The summed E-state index contributed by atoms with van der Waals surface area (Å²) in [5, 5.41) is 16.7. The number of carbonyl (C=O) groups is 1. The first-order valence-corrected chi connectivity index (χ1v) is 7.88. The molecule has 0 saturated heterocycles. The van der Waals surface area contributed by atoms with E-state index in [9.17, 15) is 4.79 Å². The number of fused-ring (bicyclic) bond motifs is 1. The number of carboxylic acid groups (broad SMARTS) is 1. The van der Waals surface area contributed by atoms with Gasteiger partial charge in [0.2, 0.25) is 0 Å². The van der Waals surface area contributed by atoms with Gasteiger partial charge in [-0.2, -0.15) is 0 Å². The minimum absolute atomic E-state index is 0.303. The smallest absolute Gasteiger partial charge is 0.335 e. The molecule has 1 aromatic heterocycles. The van der Waals surface area contributed by atoms with Crippen LogP contribution in [0.3, 0.4) is 0 Å². The number of H-pyrrole nitrogens is 1. The number of benzene rings is 2. The average molecular weight is 342 g/mol. The summed E-state index contributed by atoms with van der Waals surface area (Å²) >= 11 is 0. The highest BCUT2D eigenvalue weighted by Gasteiger charge is 2.12. The molecule has 0 aliphatic heterocycles. The summed E-state index contributed by atoms with van der Waals surface area (Å²) in [6.07, 6.45) is 1.68. The minimum atomic E-state index is -0.906. The van der Waals surface area contributed by atoms with Gasteiger partial charge < -0.3 is 20.0 Å². The summed E-state index contributed by atoms with van der Waals surface area (Å²) in [4.78, 5) is 14.5. The van der Waals surface area contributed by atoms with Gasteiger partial charge in [0.25, 0.3) is 0 Å². The third kappa shape index (κ3) is 3.99. The van der Waals surface area contributed by atoms with E-state index < -0.39 is 5.97 Å². The Balaban J connectivity index is 0.00000109. The average Bonchev–Trinajstić information content (AvgIpc) is 3.00. The molecule has 0 aliphatic carbocycles. The second-order valence-electron chi connectivity index (χ2n) is 5.53. The van der Waals surface area contributed by atoms with Crippen LogP contribution in [0.5, 0.6) is 5.75 Å². The van der Waals surface area contributed by atoms with Crippen molar-refractivity contribution < 1.29 is 19.8 Å². The Kier molecular flexibility index (Phi) is 6.16. The van der Waals surface area contributed by atoms with E-state index in [-0.39, 0.29) is 0 Å². The number of aromatic amines is 1. The van der Waals surface area contributed by atoms with Crippen molar-refractivity contribution in [2.45, 2.75) is 19.8 Å². The number of nitrogens with one attached hydrogen (secondary N) is 1. The molecule has 0 spiro atoms. The Bertz CT molecular complexity index is 854. The van der Waals surface area contributed by atoms with Crippen molar-refractivity contribution in [1.29, 1.82) is 0 Å². The highest BCUT2D eigenvalue weighted by atomic mass is 16.5. The fourth-order valence-electron chi connectivity index (χ4n) is 2.95. The van der Waals surface area contributed by atoms with E-state index in [1.165, 1.54) is 11.1 Å². The molecule has 0 saturated carbocycles. The lowest BCUT2D eigenvalue weighted by atomic mass is 10.0. The van der Waals surface area contributed by atoms with Crippen molar-refractivity contribution in [2.75, 3.05) is 7.11 Å². The Morgan fingerprint density at radius 2 is 1.84 bits per heavy atom. The molecule has 6 nitrogen and oxygen atoms in total. The standard InChI is InChI=1S/C19H19NO3.H3NO/c1-3-15-16-9-6-13(19(21)22)11-18(16)20-17(15)10-12-4-7-14(23-2)8-5-12;1-2/h4-9,11,20H,3,10H2,1-2H3,(H,21,22);2H,1H2. The number of hydrogen-bond donors (Lipinski definition) is 4. The summed E-state index contributed by atoms with van der Waals surface area (Å²) in [6.45, 7) is 2.12. The molecule has 0 atom stereocenters. The van der Waals surface area contributed by atoms with Crippen LogP contribution in [0.15, 0.2) is 42.5 Å². The van der Waals surface area contributed by atoms with E-state index >= 15 is 0 Å². The monoisotopic (exact) mass is 342 g/mol. The molecule has 0 radical (unpaired) electrons. The summed E-state index contributed by atoms with van der Waals surface area (Å²) in [7, 11) is 1.65. The number of carboxylic acids is 1. The van der Waals surface area contributed by atoms with Gasteiger partial charge in [-0.05, 0) is 41.8 Å². The van der Waals surface area contributed by atoms with E-state index in [4.69, 9.17) is 15.1 Å². The van der Waals surface area contributed by atoms with Gasteiger partial charge in [-0.15, -0.1) is 0 Å². The third-order valence-electron chi connectivity index (χ3n) is 4.13. The van der Waals surface area contributed by atoms with Crippen LogP contribution in [0, 0.1) is 0 Å². The van der Waals surface area contributed by atoms with Gasteiger partial charge in [-0.1, -0.05) is 25.1 Å². The van der Waals surface area contributed by atoms with Crippen LogP contribution in [-0.4, -0.2) is 28.4 Å². The molecule has 6 heteroatoms. The van der Waals surface area contributed by atoms with Gasteiger partial charge in [0, 0.05) is 23.0 Å². The molecular formula is C19H22N2O4. The zero-order chi connectivity index (χ0) is 18.4. The highest BCUT2D eigenvalue weighted by Crippen LogP contribution is 2.26. The molecule has 0 amide bonds. The maximum absolute atomic E-state index is 11.1. The summed E-state index contributed by atoms with van der Waals surface area (Å²) in [5.74, 6) is 3.43. The van der Waals surface area contributed by atoms with E-state index in [0.717, 1.165) is 35.2 Å². The Morgan fingerprint density at radius 3 is 2.40 bits per heavy atom. The number of methoxy groups -OCH3 is 1. The van der Waals surface area contributed by atoms with E-state index in [0.29, 0.717) is 5.56 Å². The van der Waals surface area contributed by atoms with Crippen LogP contribution < -0.4 is 10.6 Å². The van der Waals surface area contributed by atoms with Crippen LogP contribution in [0.1, 0.15) is 34.1 Å². The number of ether oxygens (including phenoxy) is 1. The SMILES string of the molecule is CCc1c(Cc2ccc(OC)cc2)[nH]c2cc(C(=O)O)ccc12.NO. The van der Waals surface area contributed by atoms with E-state index in [1.807, 2.05) is 30.3 Å². The molecule has 0 aliphatic rings. The number of aromatic carboxylic acids is 1. The highest BCUT2D eigenvalue weighted by molar-refractivity contribution is 5.94. The quantitative estimate of drug-likeness (QED) is 0.532. The number of aryl methyl sites for hydroxylation is 1. The normalized spacial score (nSPS) is 10.2. The van der Waals surface area contributed by atoms with Crippen molar-refractivity contribution in [3.63, 3.8) is 0 Å². The zero-order valence-electron chi connectivity index (χ0n) is 14.2. The van der Waals surface area contributed by atoms with E-state index in [1.54, 1.807) is 19.2 Å². The van der Waals surface area contributed by atoms with Crippen LogP contribution in [0.4, 0.5) is 0 Å². The van der Waals surface area contributed by atoms with Crippen LogP contribution in [-0.2, 0) is 12.8 Å². The molecule has 25 heavy (non-hydrogen) atoms. The fraction of sp³-hybridized carbons (Fsp3) is 0.211. The van der Waals surface area contributed by atoms with Crippen LogP contribution in [0.25, 0.3) is 10.9 Å². The Labute approximate surface area is 145 Å². The Morgan fingerprint density at radius 1 is 1.16 bits per heavy atom. The van der Waals surface area contributed by atoms with Crippen molar-refractivity contribution >= 4 is 16.9 Å². The van der Waals surface area contributed by atoms with Gasteiger partial charge in [0.05, 0.1) is 12.7 Å². The molecule has 2 aromatic carbocycles. The van der Waals surface area contributed by atoms with Gasteiger partial charge in [-0.3, -0.25) is 0 Å². The first-order valence-electron chi connectivity index (χ1n) is 7.88. The number of aromatic nitrogens is 1. The zero-order valence-corrected chi connectivity index (χ0v) is 14.2. The van der Waals surface area contributed by atoms with Crippen molar-refractivity contribution in [3.8, 4) is 5.75 Å². The molecule has 132 valence electrons. The lowest BCUT2D eigenvalue weighted by molar-refractivity contribution is 0.0697. The molecule has 1 heterocycles. The summed E-state index contributed by atoms with van der Waals surface area (Å²) in [6, 6.07) is 13.3. The molecule has 0 fully saturated rings. The second kappa shape index (κ2) is 8.32. The first kappa shape index (κ1) is 18.5. The van der Waals surface area contributed by atoms with Crippen LogP contribution >= 0.6 is 0 Å². The molecule has 0 unspecified atom stereocenters. The third-order valence-corrected chi connectivity index (χ3v) is 4.13. The summed E-state index contributed by atoms with van der Waals surface area (Å²) in [5.41, 5.74) is 4.75. The van der Waals surface area contributed by atoms with E-state index in [2.05, 4.69) is 17.8 Å². The van der Waals surface area contributed by atoms with Crippen LogP contribution in [0.2, 0.25) is 0 Å². The first-order chi connectivity index (χ1) is 12.1. The second-order valence-corrected chi connectivity index (χ2v) is 5.53. The number of hydrogen-bond acceptors (Lipinski definition) is 4.